The summed E-state index contributed by atoms with van der Waals surface area (Å²) >= 11 is 0. The quantitative estimate of drug-likeness (QED) is 0.128. The fourth-order valence-electron chi connectivity index (χ4n) is 3.64. The van der Waals surface area contributed by atoms with Crippen LogP contribution in [0.15, 0.2) is 109 Å². The van der Waals surface area contributed by atoms with Crippen molar-refractivity contribution in [3.05, 3.63) is 131 Å². The van der Waals surface area contributed by atoms with Gasteiger partial charge in [0.25, 0.3) is 0 Å². The standard InChI is InChI=1S/C32H28O3/c1-32(2,3)28-18-16-27(17-19-28)31(34)35-29-20-9-23(10-21-29)11-22-30(33)26-14-12-25(13-15-26)24-7-5-4-6-8-24/h4-22H,1-3H3/b22-11+. The highest BCUT2D eigenvalue weighted by atomic mass is 16.5. The van der Waals surface area contributed by atoms with Gasteiger partial charge in [0.1, 0.15) is 5.75 Å². The second kappa shape index (κ2) is 10.4. The maximum Gasteiger partial charge on any atom is 0.343 e. The highest BCUT2D eigenvalue weighted by Gasteiger charge is 2.15. The van der Waals surface area contributed by atoms with Gasteiger partial charge in [-0.05, 0) is 58.0 Å². The second-order valence-corrected chi connectivity index (χ2v) is 9.43. The Kier molecular flexibility index (Phi) is 7.07. The first-order valence-corrected chi connectivity index (χ1v) is 11.6. The number of hydrogen-bond acceptors (Lipinski definition) is 3. The number of ether oxygens (including phenoxy) is 1. The first-order chi connectivity index (χ1) is 16.8. The molecule has 4 aromatic carbocycles. The minimum Gasteiger partial charge on any atom is -0.423 e. The Bertz CT molecular complexity index is 1320. The largest absolute Gasteiger partial charge is 0.423 e. The maximum atomic E-state index is 12.6. The van der Waals surface area contributed by atoms with E-state index in [4.69, 9.17) is 4.74 Å². The summed E-state index contributed by atoms with van der Waals surface area (Å²) in [6, 6.07) is 32.2. The molecule has 0 heterocycles. The number of carbonyl (C=O) groups excluding carboxylic acids is 2. The zero-order valence-electron chi connectivity index (χ0n) is 20.2. The van der Waals surface area contributed by atoms with Crippen LogP contribution in [0.2, 0.25) is 0 Å². The molecule has 0 saturated carbocycles. The van der Waals surface area contributed by atoms with E-state index in [1.165, 1.54) is 0 Å². The average molecular weight is 461 g/mol. The van der Waals surface area contributed by atoms with Gasteiger partial charge in [-0.25, -0.2) is 4.79 Å². The summed E-state index contributed by atoms with van der Waals surface area (Å²) in [5.74, 6) is -0.0171. The zero-order valence-corrected chi connectivity index (χ0v) is 20.2. The van der Waals surface area contributed by atoms with E-state index in [1.54, 1.807) is 36.4 Å². The minimum absolute atomic E-state index is 0.0266. The Labute approximate surface area is 206 Å². The van der Waals surface area contributed by atoms with Crippen LogP contribution >= 0.6 is 0 Å². The Morgan fingerprint density at radius 2 is 1.23 bits per heavy atom. The predicted octanol–water partition coefficient (Wildman–Crippen LogP) is 7.77. The van der Waals surface area contributed by atoms with Gasteiger partial charge in [-0.15, -0.1) is 0 Å². The number of allylic oxidation sites excluding steroid dienone is 1. The molecule has 0 unspecified atom stereocenters. The lowest BCUT2D eigenvalue weighted by Crippen LogP contribution is -2.12. The van der Waals surface area contributed by atoms with Crippen LogP contribution in [0.3, 0.4) is 0 Å². The highest BCUT2D eigenvalue weighted by molar-refractivity contribution is 6.07. The number of ketones is 1. The first-order valence-electron chi connectivity index (χ1n) is 11.6. The minimum atomic E-state index is -0.400. The van der Waals surface area contributed by atoms with Gasteiger partial charge in [-0.2, -0.15) is 0 Å². The highest BCUT2D eigenvalue weighted by Crippen LogP contribution is 2.23. The molecule has 4 rings (SSSR count). The van der Waals surface area contributed by atoms with Crippen molar-refractivity contribution in [2.24, 2.45) is 0 Å². The Balaban J connectivity index is 1.36. The topological polar surface area (TPSA) is 43.4 Å². The summed E-state index contributed by atoms with van der Waals surface area (Å²) in [6.45, 7) is 6.39. The Morgan fingerprint density at radius 3 is 1.83 bits per heavy atom. The van der Waals surface area contributed by atoms with Crippen LogP contribution in [0.5, 0.6) is 5.75 Å². The van der Waals surface area contributed by atoms with Crippen LogP contribution in [0.25, 0.3) is 17.2 Å². The Morgan fingerprint density at radius 1 is 0.657 bits per heavy atom. The lowest BCUT2D eigenvalue weighted by molar-refractivity contribution is 0.0734. The number of hydrogen-bond donors (Lipinski definition) is 0. The lowest BCUT2D eigenvalue weighted by atomic mass is 9.87. The summed E-state index contributed by atoms with van der Waals surface area (Å²) in [5, 5.41) is 0. The number of carbonyl (C=O) groups is 2. The lowest BCUT2D eigenvalue weighted by Gasteiger charge is -2.18. The van der Waals surface area contributed by atoms with Gasteiger partial charge in [-0.1, -0.05) is 106 Å². The van der Waals surface area contributed by atoms with Crippen molar-refractivity contribution in [1.29, 1.82) is 0 Å². The zero-order chi connectivity index (χ0) is 24.8. The van der Waals surface area contributed by atoms with E-state index < -0.39 is 5.97 Å². The molecule has 0 spiro atoms. The smallest absolute Gasteiger partial charge is 0.343 e. The van der Waals surface area contributed by atoms with E-state index in [2.05, 4.69) is 20.8 Å². The van der Waals surface area contributed by atoms with Gasteiger partial charge >= 0.3 is 5.97 Å². The average Bonchev–Trinajstić information content (AvgIpc) is 2.88. The molecule has 3 nitrogen and oxygen atoms in total. The van der Waals surface area contributed by atoms with Crippen LogP contribution in [0, 0.1) is 0 Å². The van der Waals surface area contributed by atoms with Gasteiger partial charge in [0.2, 0.25) is 0 Å². The third-order valence-electron chi connectivity index (χ3n) is 5.78. The molecule has 0 aromatic heterocycles. The normalized spacial score (nSPS) is 11.4. The molecule has 0 fully saturated rings. The molecule has 174 valence electrons. The van der Waals surface area contributed by atoms with E-state index in [0.29, 0.717) is 16.9 Å². The van der Waals surface area contributed by atoms with Crippen LogP contribution in [-0.4, -0.2) is 11.8 Å². The van der Waals surface area contributed by atoms with Gasteiger partial charge in [0, 0.05) is 5.56 Å². The second-order valence-electron chi connectivity index (χ2n) is 9.43. The van der Waals surface area contributed by atoms with Crippen LogP contribution in [0.4, 0.5) is 0 Å². The van der Waals surface area contributed by atoms with Crippen molar-refractivity contribution in [3.63, 3.8) is 0 Å². The monoisotopic (exact) mass is 460 g/mol. The maximum absolute atomic E-state index is 12.6. The molecule has 0 atom stereocenters. The van der Waals surface area contributed by atoms with E-state index in [0.717, 1.165) is 22.3 Å². The molecule has 0 bridgehead atoms. The van der Waals surface area contributed by atoms with E-state index in [-0.39, 0.29) is 11.2 Å². The third kappa shape index (κ3) is 6.21. The van der Waals surface area contributed by atoms with Crippen molar-refractivity contribution >= 4 is 17.8 Å². The van der Waals surface area contributed by atoms with Crippen LogP contribution in [0.1, 0.15) is 52.6 Å². The van der Waals surface area contributed by atoms with Crippen molar-refractivity contribution in [3.8, 4) is 16.9 Å². The fourth-order valence-corrected chi connectivity index (χ4v) is 3.64. The first kappa shape index (κ1) is 23.9. The molecule has 0 amide bonds. The number of esters is 1. The summed E-state index contributed by atoms with van der Waals surface area (Å²) in [6.07, 6.45) is 3.31. The number of rotatable bonds is 6. The van der Waals surface area contributed by atoms with Crippen LogP contribution in [-0.2, 0) is 5.41 Å². The van der Waals surface area contributed by atoms with Crippen molar-refractivity contribution in [1.82, 2.24) is 0 Å². The van der Waals surface area contributed by atoms with Crippen molar-refractivity contribution in [2.45, 2.75) is 26.2 Å². The molecule has 4 aromatic rings. The third-order valence-corrected chi connectivity index (χ3v) is 5.78. The van der Waals surface area contributed by atoms with Gasteiger partial charge in [0.15, 0.2) is 5.78 Å². The fraction of sp³-hybridized carbons (Fsp3) is 0.125. The molecule has 3 heteroatoms. The van der Waals surface area contributed by atoms with Crippen molar-refractivity contribution in [2.75, 3.05) is 0 Å². The SMILES string of the molecule is CC(C)(C)c1ccc(C(=O)Oc2ccc(/C=C/C(=O)c3ccc(-c4ccccc4)cc3)cc2)cc1. The van der Waals surface area contributed by atoms with E-state index in [9.17, 15) is 9.59 Å². The van der Waals surface area contributed by atoms with Crippen molar-refractivity contribution < 1.29 is 14.3 Å². The van der Waals surface area contributed by atoms with Gasteiger partial charge < -0.3 is 4.74 Å². The molecule has 0 N–H and O–H groups in total. The van der Waals surface area contributed by atoms with E-state index in [1.807, 2.05) is 78.9 Å². The molecular weight excluding hydrogens is 432 g/mol. The van der Waals surface area contributed by atoms with Crippen LogP contribution < -0.4 is 4.74 Å². The summed E-state index contributed by atoms with van der Waals surface area (Å²) in [7, 11) is 0. The summed E-state index contributed by atoms with van der Waals surface area (Å²) in [4.78, 5) is 25.0. The molecule has 0 radical (unpaired) electrons. The molecule has 35 heavy (non-hydrogen) atoms. The van der Waals surface area contributed by atoms with E-state index >= 15 is 0 Å². The molecule has 0 aliphatic carbocycles. The van der Waals surface area contributed by atoms with Gasteiger partial charge in [-0.3, -0.25) is 4.79 Å². The number of benzene rings is 4. The van der Waals surface area contributed by atoms with Gasteiger partial charge in [0.05, 0.1) is 5.56 Å². The summed E-state index contributed by atoms with van der Waals surface area (Å²) < 4.78 is 5.49. The summed E-state index contributed by atoms with van der Waals surface area (Å²) in [5.41, 5.74) is 5.35. The predicted molar refractivity (Wildman–Crippen MR) is 142 cm³/mol. The molecular formula is C32H28O3. The molecule has 0 saturated heterocycles. The Hall–Kier alpha value is -4.24. The molecule has 0 aliphatic heterocycles. The molecule has 0 aliphatic rings.